The summed E-state index contributed by atoms with van der Waals surface area (Å²) in [5, 5.41) is 3.40. The van der Waals surface area contributed by atoms with Crippen molar-refractivity contribution in [1.82, 2.24) is 9.97 Å². The number of anilines is 1. The molecule has 1 aliphatic rings. The monoisotopic (exact) mass is 283 g/mol. The third-order valence-corrected chi connectivity index (χ3v) is 3.71. The standard InChI is InChI=1S/C12H18BrN3/c1-4-10-15-9(13)5-11(16-10)14-7-8-6-12(8,2)3/h5,8H,4,6-7H2,1-3H3,(H,14,15,16). The first kappa shape index (κ1) is 11.8. The topological polar surface area (TPSA) is 37.8 Å². The smallest absolute Gasteiger partial charge is 0.131 e. The van der Waals surface area contributed by atoms with Crippen molar-refractivity contribution in [3.05, 3.63) is 16.5 Å². The number of hydrogen-bond donors (Lipinski definition) is 1. The molecule has 0 aromatic carbocycles. The fourth-order valence-electron chi connectivity index (χ4n) is 1.87. The fraction of sp³-hybridized carbons (Fsp3) is 0.667. The largest absolute Gasteiger partial charge is 0.370 e. The average molecular weight is 284 g/mol. The first-order valence-corrected chi connectivity index (χ1v) is 6.58. The zero-order chi connectivity index (χ0) is 11.8. The first-order chi connectivity index (χ1) is 7.51. The van der Waals surface area contributed by atoms with Crippen molar-refractivity contribution in [3.63, 3.8) is 0 Å². The van der Waals surface area contributed by atoms with Crippen molar-refractivity contribution in [1.29, 1.82) is 0 Å². The minimum absolute atomic E-state index is 0.519. The van der Waals surface area contributed by atoms with Crippen molar-refractivity contribution in [2.75, 3.05) is 11.9 Å². The van der Waals surface area contributed by atoms with Gasteiger partial charge in [-0.05, 0) is 33.7 Å². The Bertz CT molecular complexity index is 390. The molecule has 4 heteroatoms. The van der Waals surface area contributed by atoms with Crippen LogP contribution in [0.2, 0.25) is 0 Å². The third-order valence-electron chi connectivity index (χ3n) is 3.30. The van der Waals surface area contributed by atoms with Crippen LogP contribution in [0.1, 0.15) is 33.0 Å². The molecule has 0 bridgehead atoms. The Morgan fingerprint density at radius 3 is 2.75 bits per heavy atom. The third kappa shape index (κ3) is 2.73. The molecule has 0 radical (unpaired) electrons. The Hall–Kier alpha value is -0.640. The molecule has 1 heterocycles. The van der Waals surface area contributed by atoms with E-state index in [1.807, 2.05) is 6.07 Å². The number of rotatable bonds is 4. The minimum atomic E-state index is 0.519. The maximum atomic E-state index is 4.45. The summed E-state index contributed by atoms with van der Waals surface area (Å²) in [7, 11) is 0. The van der Waals surface area contributed by atoms with E-state index in [0.717, 1.165) is 35.1 Å². The van der Waals surface area contributed by atoms with Gasteiger partial charge in [-0.25, -0.2) is 9.97 Å². The molecule has 0 amide bonds. The summed E-state index contributed by atoms with van der Waals surface area (Å²) in [5.41, 5.74) is 0.519. The van der Waals surface area contributed by atoms with E-state index >= 15 is 0 Å². The SMILES string of the molecule is CCc1nc(Br)cc(NCC2CC2(C)C)n1. The van der Waals surface area contributed by atoms with Crippen molar-refractivity contribution in [3.8, 4) is 0 Å². The van der Waals surface area contributed by atoms with E-state index in [0.29, 0.717) is 5.41 Å². The number of halogens is 1. The van der Waals surface area contributed by atoms with Crippen LogP contribution < -0.4 is 5.32 Å². The maximum absolute atomic E-state index is 4.45. The molecule has 1 fully saturated rings. The lowest BCUT2D eigenvalue weighted by Crippen LogP contribution is -2.09. The quantitative estimate of drug-likeness (QED) is 0.862. The van der Waals surface area contributed by atoms with Crippen LogP contribution in [0.3, 0.4) is 0 Å². The Kier molecular flexibility index (Phi) is 3.19. The van der Waals surface area contributed by atoms with Crippen molar-refractivity contribution < 1.29 is 0 Å². The van der Waals surface area contributed by atoms with Gasteiger partial charge in [-0.15, -0.1) is 0 Å². The number of hydrogen-bond acceptors (Lipinski definition) is 3. The number of nitrogens with zero attached hydrogens (tertiary/aromatic N) is 2. The molecule has 0 spiro atoms. The zero-order valence-electron chi connectivity index (χ0n) is 10.0. The number of aryl methyl sites for hydroxylation is 1. The van der Waals surface area contributed by atoms with Gasteiger partial charge in [0.15, 0.2) is 0 Å². The predicted molar refractivity (Wildman–Crippen MR) is 69.5 cm³/mol. The molecule has 1 aliphatic carbocycles. The van der Waals surface area contributed by atoms with Crippen molar-refractivity contribution in [2.24, 2.45) is 11.3 Å². The normalized spacial score (nSPS) is 21.9. The van der Waals surface area contributed by atoms with Gasteiger partial charge in [-0.2, -0.15) is 0 Å². The zero-order valence-corrected chi connectivity index (χ0v) is 11.6. The van der Waals surface area contributed by atoms with Crippen LogP contribution in [0.4, 0.5) is 5.82 Å². The molecule has 1 N–H and O–H groups in total. The second kappa shape index (κ2) is 4.32. The highest BCUT2D eigenvalue weighted by molar-refractivity contribution is 9.10. The summed E-state index contributed by atoms with van der Waals surface area (Å²) >= 11 is 3.41. The molecule has 0 aliphatic heterocycles. The van der Waals surface area contributed by atoms with Crippen LogP contribution in [-0.4, -0.2) is 16.5 Å². The maximum Gasteiger partial charge on any atom is 0.131 e. The lowest BCUT2D eigenvalue weighted by molar-refractivity contribution is 0.572. The van der Waals surface area contributed by atoms with Crippen LogP contribution in [-0.2, 0) is 6.42 Å². The van der Waals surface area contributed by atoms with Crippen molar-refractivity contribution >= 4 is 21.7 Å². The van der Waals surface area contributed by atoms with E-state index in [1.165, 1.54) is 6.42 Å². The van der Waals surface area contributed by atoms with Gasteiger partial charge in [0, 0.05) is 19.0 Å². The summed E-state index contributed by atoms with van der Waals surface area (Å²) in [5.74, 6) is 2.60. The van der Waals surface area contributed by atoms with Gasteiger partial charge >= 0.3 is 0 Å². The van der Waals surface area contributed by atoms with Gasteiger partial charge < -0.3 is 5.32 Å². The van der Waals surface area contributed by atoms with E-state index in [2.05, 4.69) is 52.0 Å². The highest BCUT2D eigenvalue weighted by atomic mass is 79.9. The highest BCUT2D eigenvalue weighted by Gasteiger charge is 2.44. The summed E-state index contributed by atoms with van der Waals surface area (Å²) in [6.45, 7) is 7.70. The fourth-order valence-corrected chi connectivity index (χ4v) is 2.29. The molecule has 1 unspecified atom stereocenters. The van der Waals surface area contributed by atoms with Gasteiger partial charge in [0.2, 0.25) is 0 Å². The van der Waals surface area contributed by atoms with Crippen molar-refractivity contribution in [2.45, 2.75) is 33.6 Å². The molecule has 1 aromatic rings. The molecule has 3 nitrogen and oxygen atoms in total. The first-order valence-electron chi connectivity index (χ1n) is 5.78. The van der Waals surface area contributed by atoms with Gasteiger partial charge in [-0.3, -0.25) is 0 Å². The lowest BCUT2D eigenvalue weighted by Gasteiger charge is -2.08. The summed E-state index contributed by atoms with van der Waals surface area (Å²) in [6, 6.07) is 1.94. The van der Waals surface area contributed by atoms with Crippen LogP contribution in [0.25, 0.3) is 0 Å². The second-order valence-electron chi connectivity index (χ2n) is 5.12. The Morgan fingerprint density at radius 1 is 1.50 bits per heavy atom. The second-order valence-corrected chi connectivity index (χ2v) is 5.93. The number of nitrogens with one attached hydrogen (secondary N) is 1. The highest BCUT2D eigenvalue weighted by Crippen LogP contribution is 2.51. The molecule has 1 aromatic heterocycles. The minimum Gasteiger partial charge on any atom is -0.370 e. The van der Waals surface area contributed by atoms with E-state index in [-0.39, 0.29) is 0 Å². The molecule has 16 heavy (non-hydrogen) atoms. The van der Waals surface area contributed by atoms with Gasteiger partial charge in [0.05, 0.1) is 0 Å². The Balaban J connectivity index is 1.96. The van der Waals surface area contributed by atoms with E-state index in [1.54, 1.807) is 0 Å². The lowest BCUT2D eigenvalue weighted by atomic mass is 10.1. The van der Waals surface area contributed by atoms with E-state index < -0.39 is 0 Å². The Morgan fingerprint density at radius 2 is 2.19 bits per heavy atom. The predicted octanol–water partition coefficient (Wildman–Crippen LogP) is 3.26. The van der Waals surface area contributed by atoms with Crippen LogP contribution in [0.15, 0.2) is 10.7 Å². The van der Waals surface area contributed by atoms with Crippen LogP contribution in [0.5, 0.6) is 0 Å². The van der Waals surface area contributed by atoms with Gasteiger partial charge in [0.1, 0.15) is 16.2 Å². The Labute approximate surface area is 105 Å². The average Bonchev–Trinajstić information content (AvgIpc) is 2.83. The van der Waals surface area contributed by atoms with Gasteiger partial charge in [0.25, 0.3) is 0 Å². The summed E-state index contributed by atoms with van der Waals surface area (Å²) in [6.07, 6.45) is 2.18. The van der Waals surface area contributed by atoms with Crippen LogP contribution >= 0.6 is 15.9 Å². The van der Waals surface area contributed by atoms with E-state index in [4.69, 9.17) is 0 Å². The molecule has 1 atom stereocenters. The molecule has 1 saturated carbocycles. The van der Waals surface area contributed by atoms with E-state index in [9.17, 15) is 0 Å². The summed E-state index contributed by atoms with van der Waals surface area (Å²) < 4.78 is 0.858. The molecule has 2 rings (SSSR count). The molecule has 0 saturated heterocycles. The molecule has 88 valence electrons. The van der Waals surface area contributed by atoms with Gasteiger partial charge in [-0.1, -0.05) is 20.8 Å². The summed E-state index contributed by atoms with van der Waals surface area (Å²) in [4.78, 5) is 8.74. The molecular weight excluding hydrogens is 266 g/mol. The molecular formula is C12H18BrN3. The number of aromatic nitrogens is 2. The van der Waals surface area contributed by atoms with Crippen LogP contribution in [0, 0.1) is 11.3 Å².